The Kier molecular flexibility index (Phi) is 6.83. The minimum Gasteiger partial charge on any atom is -0.423 e. The molecule has 4 aromatic heterocycles. The summed E-state index contributed by atoms with van der Waals surface area (Å²) in [6, 6.07) is 47.4. The number of pyridine rings is 1. The summed E-state index contributed by atoms with van der Waals surface area (Å²) in [7, 11) is 4.58. The SMILES string of the molecule is CN1c2ccccc2N(c2nc3c4c(ccc3o2)Nc2ccccc2N4[Si](c2ccccc2)c2ccccc2)c2nc(-c3cn(C)c4c3[nH]c[n+]4C)ccc21. The minimum atomic E-state index is -1.61. The van der Waals surface area contributed by atoms with Gasteiger partial charge in [0, 0.05) is 7.05 Å². The summed E-state index contributed by atoms with van der Waals surface area (Å²) in [5.74, 6) is 0.741. The van der Waals surface area contributed by atoms with Gasteiger partial charge in [0.1, 0.15) is 5.52 Å². The molecule has 0 saturated carbocycles. The Balaban J connectivity index is 1.14. The Bertz CT molecular complexity index is 2900. The number of anilines is 9. The number of H-pyrrole nitrogens is 1. The molecular weight excluding hydrogens is 699 g/mol. The summed E-state index contributed by atoms with van der Waals surface area (Å²) in [4.78, 5) is 18.6. The molecule has 11 rings (SSSR count). The molecule has 0 spiro atoms. The third-order valence-corrected chi connectivity index (χ3v) is 13.4. The van der Waals surface area contributed by atoms with E-state index in [1.807, 2.05) is 19.4 Å². The monoisotopic (exact) mass is 733 g/mol. The Hall–Kier alpha value is -7.11. The van der Waals surface area contributed by atoms with Crippen molar-refractivity contribution in [3.63, 3.8) is 0 Å². The maximum absolute atomic E-state index is 6.87. The Morgan fingerprint density at radius 2 is 1.36 bits per heavy atom. The molecule has 0 fully saturated rings. The van der Waals surface area contributed by atoms with Gasteiger partial charge in [0.2, 0.25) is 8.96 Å². The van der Waals surface area contributed by atoms with Gasteiger partial charge in [-0.2, -0.15) is 4.98 Å². The number of aromatic amines is 1. The molecule has 0 unspecified atom stereocenters. The third kappa shape index (κ3) is 4.69. The first kappa shape index (κ1) is 31.4. The molecule has 9 aromatic rings. The van der Waals surface area contributed by atoms with Crippen LogP contribution in [0, 0.1) is 0 Å². The predicted octanol–water partition coefficient (Wildman–Crippen LogP) is 8.09. The summed E-state index contributed by atoms with van der Waals surface area (Å²) in [5, 5.41) is 6.28. The van der Waals surface area contributed by atoms with Gasteiger partial charge in [0.15, 0.2) is 23.2 Å². The summed E-state index contributed by atoms with van der Waals surface area (Å²) in [5.41, 5.74) is 12.5. The number of hydrogen-bond acceptors (Lipinski definition) is 7. The first-order valence-corrected chi connectivity index (χ1v) is 19.7. The van der Waals surface area contributed by atoms with Crippen molar-refractivity contribution in [3.8, 4) is 11.3 Å². The van der Waals surface area contributed by atoms with Gasteiger partial charge < -0.3 is 19.2 Å². The van der Waals surface area contributed by atoms with Crippen LogP contribution in [0.4, 0.5) is 51.6 Å². The molecule has 10 nitrogen and oxygen atoms in total. The average Bonchev–Trinajstić information content (AvgIpc) is 3.93. The molecule has 2 N–H and O–H groups in total. The zero-order valence-corrected chi connectivity index (χ0v) is 31.4. The van der Waals surface area contributed by atoms with Crippen LogP contribution in [0.5, 0.6) is 0 Å². The maximum atomic E-state index is 6.87. The summed E-state index contributed by atoms with van der Waals surface area (Å²) >= 11 is 0. The Morgan fingerprint density at radius 3 is 2.13 bits per heavy atom. The van der Waals surface area contributed by atoms with Crippen LogP contribution in [0.2, 0.25) is 0 Å². The second kappa shape index (κ2) is 12.0. The molecule has 1 radical (unpaired) electrons. The third-order valence-electron chi connectivity index (χ3n) is 10.7. The van der Waals surface area contributed by atoms with E-state index in [2.05, 4.69) is 181 Å². The second-order valence-corrected chi connectivity index (χ2v) is 16.3. The lowest BCUT2D eigenvalue weighted by Gasteiger charge is -2.39. The summed E-state index contributed by atoms with van der Waals surface area (Å²) in [6.45, 7) is 0. The van der Waals surface area contributed by atoms with Gasteiger partial charge in [-0.15, -0.1) is 0 Å². The molecule has 0 amide bonds. The van der Waals surface area contributed by atoms with Crippen LogP contribution in [0.3, 0.4) is 0 Å². The number of imidazole rings is 1. The van der Waals surface area contributed by atoms with Crippen LogP contribution in [-0.4, -0.2) is 35.5 Å². The number of nitrogens with zero attached hydrogens (tertiary/aromatic N) is 7. The topological polar surface area (TPSA) is 85.3 Å². The number of aryl methyl sites for hydroxylation is 2. The van der Waals surface area contributed by atoms with Crippen LogP contribution in [-0.2, 0) is 14.1 Å². The number of aromatic nitrogens is 5. The standard InChI is InChI=1S/C44H34N9OSi/c1-49-26-30(39-43(49)50(2)27-45-39)31-22-24-37-42(47-31)52(36-21-13-12-20-35(36)51(37)3)44-48-40-38(54-44)25-23-33-41(40)53(34-19-11-10-18-32(34)46-33)55(28-14-6-4-7-15-28)29-16-8-5-9-17-29/h4-27,46H,1-3H3/p+1. The Morgan fingerprint density at radius 1 is 0.673 bits per heavy atom. The second-order valence-electron chi connectivity index (χ2n) is 14.0. The highest BCUT2D eigenvalue weighted by Crippen LogP contribution is 2.53. The number of benzene rings is 5. The summed E-state index contributed by atoms with van der Waals surface area (Å²) in [6.07, 6.45) is 4.10. The fraction of sp³-hybridized carbons (Fsp3) is 0.0682. The zero-order valence-electron chi connectivity index (χ0n) is 30.4. The number of hydrogen-bond donors (Lipinski definition) is 2. The highest BCUT2D eigenvalue weighted by atomic mass is 28.3. The van der Waals surface area contributed by atoms with Gasteiger partial charge in [-0.25, -0.2) is 14.5 Å². The molecule has 0 atom stereocenters. The van der Waals surface area contributed by atoms with Crippen molar-refractivity contribution >= 4 is 93.2 Å². The molecule has 0 aliphatic carbocycles. The predicted molar refractivity (Wildman–Crippen MR) is 222 cm³/mol. The fourth-order valence-electron chi connectivity index (χ4n) is 8.27. The van der Waals surface area contributed by atoms with E-state index >= 15 is 0 Å². The lowest BCUT2D eigenvalue weighted by molar-refractivity contribution is -0.647. The number of para-hydroxylation sites is 4. The van der Waals surface area contributed by atoms with Crippen molar-refractivity contribution < 1.29 is 8.98 Å². The van der Waals surface area contributed by atoms with Crippen LogP contribution in [0.25, 0.3) is 33.5 Å². The Labute approximate surface area is 318 Å². The van der Waals surface area contributed by atoms with E-state index in [4.69, 9.17) is 14.4 Å². The van der Waals surface area contributed by atoms with E-state index in [1.54, 1.807) is 0 Å². The van der Waals surface area contributed by atoms with Crippen LogP contribution < -0.4 is 34.6 Å². The molecular formula is C44H35N9OSi+. The van der Waals surface area contributed by atoms with Crippen molar-refractivity contribution in [1.82, 2.24) is 19.5 Å². The van der Waals surface area contributed by atoms with Gasteiger partial charge >= 0.3 is 6.01 Å². The maximum Gasteiger partial charge on any atom is 0.309 e. The van der Waals surface area contributed by atoms with E-state index in [1.165, 1.54) is 10.4 Å². The van der Waals surface area contributed by atoms with Crippen LogP contribution in [0.1, 0.15) is 0 Å². The van der Waals surface area contributed by atoms with Crippen LogP contribution in [0.15, 0.2) is 150 Å². The first-order chi connectivity index (χ1) is 27.0. The number of fused-ring (bicyclic) bond motifs is 7. The molecule has 2 aliphatic rings. The van der Waals surface area contributed by atoms with Crippen molar-refractivity contribution in [2.45, 2.75) is 0 Å². The molecule has 55 heavy (non-hydrogen) atoms. The van der Waals surface area contributed by atoms with Crippen molar-refractivity contribution in [2.75, 3.05) is 26.7 Å². The smallest absolute Gasteiger partial charge is 0.309 e. The molecule has 265 valence electrons. The molecule has 6 heterocycles. The number of nitrogens with one attached hydrogen (secondary N) is 2. The molecule has 0 bridgehead atoms. The normalized spacial score (nSPS) is 13.2. The number of oxazole rings is 1. The van der Waals surface area contributed by atoms with E-state index in [0.717, 1.165) is 73.6 Å². The molecule has 5 aromatic carbocycles. The summed E-state index contributed by atoms with van der Waals surface area (Å²) < 4.78 is 13.6. The first-order valence-electron chi connectivity index (χ1n) is 18.3. The molecule has 11 heteroatoms. The van der Waals surface area contributed by atoms with Gasteiger partial charge in [0.25, 0.3) is 5.65 Å². The van der Waals surface area contributed by atoms with Gasteiger partial charge in [-0.05, 0) is 58.9 Å². The van der Waals surface area contributed by atoms with Crippen molar-refractivity contribution in [1.29, 1.82) is 0 Å². The lowest BCUT2D eigenvalue weighted by atomic mass is 10.1. The average molecular weight is 734 g/mol. The minimum absolute atomic E-state index is 0.450. The van der Waals surface area contributed by atoms with E-state index in [9.17, 15) is 0 Å². The van der Waals surface area contributed by atoms with Crippen molar-refractivity contribution in [3.05, 3.63) is 146 Å². The van der Waals surface area contributed by atoms with E-state index in [-0.39, 0.29) is 0 Å². The van der Waals surface area contributed by atoms with Crippen molar-refractivity contribution in [2.24, 2.45) is 14.1 Å². The highest BCUT2D eigenvalue weighted by molar-refractivity contribution is 6.89. The quantitative estimate of drug-likeness (QED) is 0.137. The highest BCUT2D eigenvalue weighted by Gasteiger charge is 2.38. The van der Waals surface area contributed by atoms with Gasteiger partial charge in [0.05, 0.1) is 71.4 Å². The van der Waals surface area contributed by atoms with E-state index < -0.39 is 8.96 Å². The molecule has 2 aliphatic heterocycles. The molecule has 0 saturated heterocycles. The number of rotatable bonds is 5. The van der Waals surface area contributed by atoms with Gasteiger partial charge in [-0.1, -0.05) is 84.9 Å². The van der Waals surface area contributed by atoms with Gasteiger partial charge in [-0.3, -0.25) is 9.55 Å². The largest absolute Gasteiger partial charge is 0.423 e. The van der Waals surface area contributed by atoms with E-state index in [0.29, 0.717) is 11.6 Å². The zero-order chi connectivity index (χ0) is 36.8. The fourth-order valence-corrected chi connectivity index (χ4v) is 11.0. The lowest BCUT2D eigenvalue weighted by Crippen LogP contribution is -2.55. The van der Waals surface area contributed by atoms with Crippen LogP contribution >= 0.6 is 0 Å².